The van der Waals surface area contributed by atoms with E-state index in [0.29, 0.717) is 12.8 Å². The van der Waals surface area contributed by atoms with Crippen LogP contribution in [0.2, 0.25) is 0 Å². The van der Waals surface area contributed by atoms with E-state index in [2.05, 4.69) is 5.32 Å². The molecule has 3 nitrogen and oxygen atoms in total. The first-order valence-corrected chi connectivity index (χ1v) is 4.32. The first-order valence-electron chi connectivity index (χ1n) is 4.32. The summed E-state index contributed by atoms with van der Waals surface area (Å²) in [6.45, 7) is 3.55. The maximum Gasteiger partial charge on any atom is 0.219 e. The van der Waals surface area contributed by atoms with Gasteiger partial charge in [-0.15, -0.1) is 0 Å². The Kier molecular flexibility index (Phi) is 5.34. The standard InChI is InChI=1S/C9H17NO2/c1-4-8(7(2)11)5-6-9(12)10-3/h8H,4-6H2,1-3H3,(H,10,12). The molecule has 0 aliphatic heterocycles. The summed E-state index contributed by atoms with van der Waals surface area (Å²) >= 11 is 0. The third kappa shape index (κ3) is 4.11. The van der Waals surface area contributed by atoms with Gasteiger partial charge in [-0.05, 0) is 19.8 Å². The predicted molar refractivity (Wildman–Crippen MR) is 47.8 cm³/mol. The second-order valence-electron chi connectivity index (χ2n) is 2.93. The summed E-state index contributed by atoms with van der Waals surface area (Å²) in [5, 5.41) is 2.53. The van der Waals surface area contributed by atoms with E-state index in [1.165, 1.54) is 0 Å². The van der Waals surface area contributed by atoms with E-state index in [1.807, 2.05) is 6.92 Å². The lowest BCUT2D eigenvalue weighted by Crippen LogP contribution is -2.20. The second-order valence-corrected chi connectivity index (χ2v) is 2.93. The molecule has 0 aromatic rings. The van der Waals surface area contributed by atoms with Gasteiger partial charge in [0, 0.05) is 19.4 Å². The van der Waals surface area contributed by atoms with Crippen molar-refractivity contribution in [3.8, 4) is 0 Å². The zero-order chi connectivity index (χ0) is 9.56. The topological polar surface area (TPSA) is 46.2 Å². The molecule has 1 amide bonds. The van der Waals surface area contributed by atoms with Crippen molar-refractivity contribution in [2.45, 2.75) is 33.1 Å². The van der Waals surface area contributed by atoms with Crippen molar-refractivity contribution >= 4 is 11.7 Å². The molecule has 0 heterocycles. The van der Waals surface area contributed by atoms with Gasteiger partial charge in [0.15, 0.2) is 0 Å². The highest BCUT2D eigenvalue weighted by Gasteiger charge is 2.12. The van der Waals surface area contributed by atoms with Gasteiger partial charge < -0.3 is 5.32 Å². The second kappa shape index (κ2) is 5.75. The lowest BCUT2D eigenvalue weighted by molar-refractivity contribution is -0.122. The van der Waals surface area contributed by atoms with Crippen molar-refractivity contribution in [3.63, 3.8) is 0 Å². The Morgan fingerprint density at radius 1 is 1.42 bits per heavy atom. The SMILES string of the molecule is CCC(CCC(=O)NC)C(C)=O. The number of ketones is 1. The van der Waals surface area contributed by atoms with Gasteiger partial charge in [-0.1, -0.05) is 6.92 Å². The van der Waals surface area contributed by atoms with Gasteiger partial charge in [0.1, 0.15) is 5.78 Å². The smallest absolute Gasteiger partial charge is 0.219 e. The summed E-state index contributed by atoms with van der Waals surface area (Å²) < 4.78 is 0. The maximum atomic E-state index is 10.9. The van der Waals surface area contributed by atoms with Crippen molar-refractivity contribution in [1.82, 2.24) is 5.32 Å². The van der Waals surface area contributed by atoms with Crippen molar-refractivity contribution in [1.29, 1.82) is 0 Å². The van der Waals surface area contributed by atoms with Crippen LogP contribution < -0.4 is 5.32 Å². The monoisotopic (exact) mass is 171 g/mol. The van der Waals surface area contributed by atoms with Gasteiger partial charge in [0.25, 0.3) is 0 Å². The molecule has 0 saturated heterocycles. The van der Waals surface area contributed by atoms with Gasteiger partial charge in [-0.3, -0.25) is 9.59 Å². The molecule has 12 heavy (non-hydrogen) atoms. The van der Waals surface area contributed by atoms with E-state index >= 15 is 0 Å². The lowest BCUT2D eigenvalue weighted by Gasteiger charge is -2.09. The first-order chi connectivity index (χ1) is 5.61. The van der Waals surface area contributed by atoms with E-state index in [9.17, 15) is 9.59 Å². The van der Waals surface area contributed by atoms with Crippen molar-refractivity contribution in [3.05, 3.63) is 0 Å². The number of nitrogens with one attached hydrogen (secondary N) is 1. The maximum absolute atomic E-state index is 10.9. The number of rotatable bonds is 5. The molecule has 3 heteroatoms. The largest absolute Gasteiger partial charge is 0.359 e. The Morgan fingerprint density at radius 3 is 2.33 bits per heavy atom. The van der Waals surface area contributed by atoms with Crippen LogP contribution in [0.5, 0.6) is 0 Å². The summed E-state index contributed by atoms with van der Waals surface area (Å²) in [6.07, 6.45) is 1.95. The van der Waals surface area contributed by atoms with Crippen LogP contribution in [-0.2, 0) is 9.59 Å². The van der Waals surface area contributed by atoms with Crippen molar-refractivity contribution in [2.75, 3.05) is 7.05 Å². The molecule has 0 aromatic heterocycles. The van der Waals surface area contributed by atoms with Crippen molar-refractivity contribution < 1.29 is 9.59 Å². The normalized spacial score (nSPS) is 12.2. The average molecular weight is 171 g/mol. The van der Waals surface area contributed by atoms with Gasteiger partial charge in [-0.25, -0.2) is 0 Å². The number of Topliss-reactive ketones (excluding diaryl/α,β-unsaturated/α-hetero) is 1. The number of carbonyl (C=O) groups excluding carboxylic acids is 2. The van der Waals surface area contributed by atoms with Crippen LogP contribution in [-0.4, -0.2) is 18.7 Å². The third-order valence-corrected chi connectivity index (χ3v) is 2.07. The zero-order valence-corrected chi connectivity index (χ0v) is 8.02. The summed E-state index contributed by atoms with van der Waals surface area (Å²) in [4.78, 5) is 21.8. The van der Waals surface area contributed by atoms with Crippen LogP contribution in [0.15, 0.2) is 0 Å². The fraction of sp³-hybridized carbons (Fsp3) is 0.778. The van der Waals surface area contributed by atoms with Gasteiger partial charge in [-0.2, -0.15) is 0 Å². The van der Waals surface area contributed by atoms with E-state index in [4.69, 9.17) is 0 Å². The molecule has 0 aliphatic carbocycles. The Bertz CT molecular complexity index is 166. The predicted octanol–water partition coefficient (Wildman–Crippen LogP) is 1.13. The highest BCUT2D eigenvalue weighted by molar-refractivity contribution is 5.80. The van der Waals surface area contributed by atoms with E-state index in [-0.39, 0.29) is 17.6 Å². The molecule has 0 radical (unpaired) electrons. The number of carbonyl (C=O) groups is 2. The average Bonchev–Trinajstić information content (AvgIpc) is 2.04. The van der Waals surface area contributed by atoms with Crippen LogP contribution in [0.4, 0.5) is 0 Å². The van der Waals surface area contributed by atoms with Crippen LogP contribution >= 0.6 is 0 Å². The molecule has 1 N–H and O–H groups in total. The minimum Gasteiger partial charge on any atom is -0.359 e. The molecule has 0 aromatic carbocycles. The van der Waals surface area contributed by atoms with Crippen LogP contribution in [0.25, 0.3) is 0 Å². The summed E-state index contributed by atoms with van der Waals surface area (Å²) in [5.41, 5.74) is 0. The quantitative estimate of drug-likeness (QED) is 0.674. The van der Waals surface area contributed by atoms with Crippen LogP contribution in [0.3, 0.4) is 0 Å². The summed E-state index contributed by atoms with van der Waals surface area (Å²) in [5.74, 6) is 0.249. The van der Waals surface area contributed by atoms with Crippen molar-refractivity contribution in [2.24, 2.45) is 5.92 Å². The minimum atomic E-state index is 0.00898. The Labute approximate surface area is 73.5 Å². The van der Waals surface area contributed by atoms with Gasteiger partial charge >= 0.3 is 0 Å². The number of hydrogen-bond acceptors (Lipinski definition) is 2. The van der Waals surface area contributed by atoms with E-state index in [0.717, 1.165) is 6.42 Å². The number of hydrogen-bond donors (Lipinski definition) is 1. The Morgan fingerprint density at radius 2 is 2.00 bits per heavy atom. The van der Waals surface area contributed by atoms with Crippen LogP contribution in [0, 0.1) is 5.92 Å². The molecule has 0 spiro atoms. The van der Waals surface area contributed by atoms with E-state index in [1.54, 1.807) is 14.0 Å². The zero-order valence-electron chi connectivity index (χ0n) is 8.02. The molecule has 0 rings (SSSR count). The fourth-order valence-corrected chi connectivity index (χ4v) is 1.13. The van der Waals surface area contributed by atoms with E-state index < -0.39 is 0 Å². The molecule has 0 fully saturated rings. The summed E-state index contributed by atoms with van der Waals surface area (Å²) in [7, 11) is 1.61. The minimum absolute atomic E-state index is 0.00898. The third-order valence-electron chi connectivity index (χ3n) is 2.07. The lowest BCUT2D eigenvalue weighted by atomic mass is 9.96. The highest BCUT2D eigenvalue weighted by atomic mass is 16.1. The molecule has 1 atom stereocenters. The first kappa shape index (κ1) is 11.1. The molecule has 0 bridgehead atoms. The van der Waals surface area contributed by atoms with Crippen LogP contribution in [0.1, 0.15) is 33.1 Å². The molecule has 0 saturated carbocycles. The highest BCUT2D eigenvalue weighted by Crippen LogP contribution is 2.11. The Balaban J connectivity index is 3.73. The number of amides is 1. The fourth-order valence-electron chi connectivity index (χ4n) is 1.13. The molecule has 0 aliphatic rings. The Hall–Kier alpha value is -0.860. The van der Waals surface area contributed by atoms with Gasteiger partial charge in [0.2, 0.25) is 5.91 Å². The molecule has 70 valence electrons. The molecule has 1 unspecified atom stereocenters. The molecular weight excluding hydrogens is 154 g/mol. The summed E-state index contributed by atoms with van der Waals surface area (Å²) in [6, 6.07) is 0. The molecular formula is C9H17NO2. The van der Waals surface area contributed by atoms with Gasteiger partial charge in [0.05, 0.1) is 0 Å².